The number of fused-ring (bicyclic) bond motifs is 1. The number of benzene rings is 2. The summed E-state index contributed by atoms with van der Waals surface area (Å²) in [5, 5.41) is 0.685. The number of allylic oxidation sites excluding steroid dienone is 4. The van der Waals surface area contributed by atoms with E-state index in [1.165, 1.54) is 7.11 Å². The summed E-state index contributed by atoms with van der Waals surface area (Å²) in [6.07, 6.45) is 7.52. The van der Waals surface area contributed by atoms with Gasteiger partial charge in [-0.05, 0) is 54.8 Å². The maximum absolute atomic E-state index is 15.9. The fraction of sp³-hybridized carbons (Fsp3) is 0.200. The van der Waals surface area contributed by atoms with Crippen LogP contribution >= 0.6 is 11.9 Å². The number of ether oxygens (including phenoxy) is 2. The van der Waals surface area contributed by atoms with Crippen molar-refractivity contribution in [2.45, 2.75) is 6.92 Å². The molecule has 2 aromatic heterocycles. The highest BCUT2D eigenvalue weighted by molar-refractivity contribution is 8.04. The second-order valence-corrected chi connectivity index (χ2v) is 10.0. The van der Waals surface area contributed by atoms with Gasteiger partial charge in [-0.25, -0.2) is 28.7 Å². The number of hydrogen-bond acceptors (Lipinski definition) is 10. The second kappa shape index (κ2) is 13.0. The minimum atomic E-state index is -0.512. The molecule has 1 saturated heterocycles. The summed E-state index contributed by atoms with van der Waals surface area (Å²) < 4.78 is 44.4. The molecule has 1 fully saturated rings. The molecular weight excluding hydrogens is 560 g/mol. The number of nitrogens with one attached hydrogen (secondary N) is 1. The topological polar surface area (TPSA) is 111 Å². The van der Waals surface area contributed by atoms with Crippen molar-refractivity contribution < 1.29 is 18.3 Å². The van der Waals surface area contributed by atoms with Crippen LogP contribution in [-0.2, 0) is 4.74 Å². The van der Waals surface area contributed by atoms with Gasteiger partial charge in [0.05, 0.1) is 36.5 Å². The van der Waals surface area contributed by atoms with Crippen LogP contribution in [0.15, 0.2) is 78.3 Å². The number of hydrogen-bond donors (Lipinski definition) is 2. The highest BCUT2D eigenvalue weighted by Gasteiger charge is 2.22. The van der Waals surface area contributed by atoms with Crippen LogP contribution in [0.4, 0.5) is 26.2 Å². The van der Waals surface area contributed by atoms with Gasteiger partial charge < -0.3 is 24.8 Å². The smallest absolute Gasteiger partial charge is 0.219 e. The van der Waals surface area contributed by atoms with Crippen molar-refractivity contribution in [3.63, 3.8) is 0 Å². The zero-order valence-corrected chi connectivity index (χ0v) is 23.9. The van der Waals surface area contributed by atoms with E-state index in [-0.39, 0.29) is 16.5 Å². The molecule has 216 valence electrons. The van der Waals surface area contributed by atoms with Gasteiger partial charge in [-0.15, -0.1) is 0 Å². The molecule has 0 saturated carbocycles. The van der Waals surface area contributed by atoms with E-state index in [1.807, 2.05) is 6.07 Å². The molecule has 0 radical (unpaired) electrons. The van der Waals surface area contributed by atoms with Gasteiger partial charge in [0.1, 0.15) is 22.9 Å². The van der Waals surface area contributed by atoms with Gasteiger partial charge in [-0.2, -0.15) is 0 Å². The van der Waals surface area contributed by atoms with Crippen molar-refractivity contribution in [2.75, 3.05) is 48.8 Å². The minimum Gasteiger partial charge on any atom is -0.494 e. The number of nitrogens with zero attached hydrogens (tertiary/aromatic N) is 5. The molecule has 0 atom stereocenters. The standard InChI is InChI=1S/C30H29F2N7O2S/c1-4-7-25(22(31)5-2)42-38-23-9-6-8-20(26(23)32)18-14-21-27(24(15-18)40-3)36-28(19-16-34-30(33)35-17-19)37-29(21)39-10-12-41-13-11-39/h4-9,14-17,38H,2,10-13H2,1,3H3,(H2,33,34,35)/b7-4-,25-22-. The number of nitrogens with two attached hydrogens (primary N) is 1. The molecule has 2 aromatic carbocycles. The van der Waals surface area contributed by atoms with Crippen LogP contribution < -0.4 is 20.1 Å². The van der Waals surface area contributed by atoms with Gasteiger partial charge in [0.2, 0.25) is 5.95 Å². The fourth-order valence-electron chi connectivity index (χ4n) is 4.45. The van der Waals surface area contributed by atoms with Crippen LogP contribution in [0.3, 0.4) is 0 Å². The fourth-order valence-corrected chi connectivity index (χ4v) is 5.22. The number of halogens is 2. The monoisotopic (exact) mass is 589 g/mol. The van der Waals surface area contributed by atoms with Crippen molar-refractivity contribution in [2.24, 2.45) is 0 Å². The lowest BCUT2D eigenvalue weighted by atomic mass is 10.0. The third-order valence-corrected chi connectivity index (χ3v) is 7.39. The van der Waals surface area contributed by atoms with Crippen LogP contribution in [-0.4, -0.2) is 53.3 Å². The third kappa shape index (κ3) is 6.04. The Kier molecular flexibility index (Phi) is 8.94. The van der Waals surface area contributed by atoms with E-state index in [0.29, 0.717) is 71.3 Å². The number of rotatable bonds is 9. The van der Waals surface area contributed by atoms with Crippen LogP contribution in [0.1, 0.15) is 6.92 Å². The van der Waals surface area contributed by atoms with E-state index in [2.05, 4.69) is 26.2 Å². The lowest BCUT2D eigenvalue weighted by Gasteiger charge is -2.29. The Morgan fingerprint density at radius 2 is 1.93 bits per heavy atom. The van der Waals surface area contributed by atoms with Gasteiger partial charge in [-0.3, -0.25) is 0 Å². The number of aromatic nitrogens is 4. The zero-order chi connectivity index (χ0) is 29.6. The van der Waals surface area contributed by atoms with Gasteiger partial charge in [-0.1, -0.05) is 24.8 Å². The largest absolute Gasteiger partial charge is 0.494 e. The van der Waals surface area contributed by atoms with Crippen molar-refractivity contribution in [1.29, 1.82) is 0 Å². The van der Waals surface area contributed by atoms with Crippen molar-refractivity contribution in [1.82, 2.24) is 19.9 Å². The zero-order valence-electron chi connectivity index (χ0n) is 23.1. The molecule has 42 heavy (non-hydrogen) atoms. The van der Waals surface area contributed by atoms with Crippen LogP contribution in [0.25, 0.3) is 33.4 Å². The Hall–Kier alpha value is -4.55. The summed E-state index contributed by atoms with van der Waals surface area (Å²) in [6.45, 7) is 7.56. The molecule has 4 aromatic rings. The molecule has 0 spiro atoms. The predicted octanol–water partition coefficient (Wildman–Crippen LogP) is 6.32. The quantitative estimate of drug-likeness (QED) is 0.170. The molecule has 0 unspecified atom stereocenters. The summed E-state index contributed by atoms with van der Waals surface area (Å²) in [7, 11) is 1.54. The summed E-state index contributed by atoms with van der Waals surface area (Å²) in [6, 6.07) is 8.58. The maximum atomic E-state index is 15.9. The highest BCUT2D eigenvalue weighted by Crippen LogP contribution is 2.39. The Balaban J connectivity index is 1.63. The first-order valence-electron chi connectivity index (χ1n) is 13.1. The molecule has 3 N–H and O–H groups in total. The molecule has 1 aliphatic heterocycles. The molecule has 0 aliphatic carbocycles. The number of methoxy groups -OCH3 is 1. The molecule has 1 aliphatic rings. The Morgan fingerprint density at radius 3 is 2.62 bits per heavy atom. The first-order valence-corrected chi connectivity index (χ1v) is 13.9. The lowest BCUT2D eigenvalue weighted by Crippen LogP contribution is -2.37. The first-order chi connectivity index (χ1) is 20.4. The third-order valence-electron chi connectivity index (χ3n) is 6.52. The Morgan fingerprint density at radius 1 is 1.17 bits per heavy atom. The van der Waals surface area contributed by atoms with E-state index in [1.54, 1.807) is 55.7 Å². The predicted molar refractivity (Wildman–Crippen MR) is 164 cm³/mol. The molecule has 3 heterocycles. The first kappa shape index (κ1) is 29.0. The lowest BCUT2D eigenvalue weighted by molar-refractivity contribution is 0.122. The molecule has 9 nitrogen and oxygen atoms in total. The molecule has 12 heteroatoms. The van der Waals surface area contributed by atoms with Crippen LogP contribution in [0, 0.1) is 5.82 Å². The summed E-state index contributed by atoms with van der Waals surface area (Å²) >= 11 is 0.957. The molecule has 0 amide bonds. The Labute approximate surface area is 246 Å². The summed E-state index contributed by atoms with van der Waals surface area (Å²) in [5.41, 5.74) is 7.91. The molecular formula is C30H29F2N7O2S. The highest BCUT2D eigenvalue weighted by atomic mass is 32.2. The van der Waals surface area contributed by atoms with Crippen LogP contribution in [0.2, 0.25) is 0 Å². The number of nitrogen functional groups attached to an aromatic ring is 1. The van der Waals surface area contributed by atoms with Crippen molar-refractivity contribution >= 4 is 40.3 Å². The number of anilines is 3. The Bertz CT molecular complexity index is 1670. The normalized spacial score (nSPS) is 14.2. The van der Waals surface area contributed by atoms with Crippen molar-refractivity contribution in [3.8, 4) is 28.3 Å². The van der Waals surface area contributed by atoms with Crippen LogP contribution in [0.5, 0.6) is 5.75 Å². The van der Waals surface area contributed by atoms with Gasteiger partial charge in [0, 0.05) is 36.4 Å². The molecule has 5 rings (SSSR count). The van der Waals surface area contributed by atoms with E-state index in [0.717, 1.165) is 18.0 Å². The van der Waals surface area contributed by atoms with Crippen molar-refractivity contribution in [3.05, 3.63) is 84.1 Å². The van der Waals surface area contributed by atoms with Gasteiger partial charge in [0.25, 0.3) is 0 Å². The SMILES string of the molecule is C=C/C(F)=C(\C=C/C)SNc1cccc(-c2cc(OC)c3nc(-c4cnc(N)nc4)nc(N4CCOCC4)c3c2)c1F. The second-order valence-electron chi connectivity index (χ2n) is 9.16. The number of morpholine rings is 1. The average Bonchev–Trinajstić information content (AvgIpc) is 3.03. The average molecular weight is 590 g/mol. The van der Waals surface area contributed by atoms with E-state index in [4.69, 9.17) is 25.2 Å². The van der Waals surface area contributed by atoms with Gasteiger partial charge >= 0.3 is 0 Å². The van der Waals surface area contributed by atoms with E-state index < -0.39 is 11.6 Å². The van der Waals surface area contributed by atoms with E-state index >= 15 is 4.39 Å². The van der Waals surface area contributed by atoms with E-state index in [9.17, 15) is 4.39 Å². The molecule has 0 bridgehead atoms. The summed E-state index contributed by atoms with van der Waals surface area (Å²) in [5.74, 6) is 0.627. The minimum absolute atomic E-state index is 0.146. The van der Waals surface area contributed by atoms with Gasteiger partial charge in [0.15, 0.2) is 11.6 Å². The maximum Gasteiger partial charge on any atom is 0.219 e. The summed E-state index contributed by atoms with van der Waals surface area (Å²) in [4.78, 5) is 20.2.